The summed E-state index contributed by atoms with van der Waals surface area (Å²) in [5, 5.41) is 3.73. The lowest BCUT2D eigenvalue weighted by atomic mass is 10.0. The van der Waals surface area contributed by atoms with E-state index in [4.69, 9.17) is 0 Å². The predicted octanol–water partition coefficient (Wildman–Crippen LogP) is 3.31. The molecule has 88 valence electrons. The second kappa shape index (κ2) is 5.44. The normalized spacial score (nSPS) is 26.9. The summed E-state index contributed by atoms with van der Waals surface area (Å²) < 4.78 is 0. The molecule has 0 bridgehead atoms. The predicted molar refractivity (Wildman–Crippen MR) is 67.2 cm³/mol. The van der Waals surface area contributed by atoms with Crippen molar-refractivity contribution in [3.8, 4) is 0 Å². The quantitative estimate of drug-likeness (QED) is 0.838. The van der Waals surface area contributed by atoms with Crippen LogP contribution < -0.4 is 5.32 Å². The minimum absolute atomic E-state index is 0.448. The van der Waals surface area contributed by atoms with Crippen molar-refractivity contribution in [3.63, 3.8) is 0 Å². The first kappa shape index (κ1) is 11.6. The molecule has 1 fully saturated rings. The van der Waals surface area contributed by atoms with Crippen molar-refractivity contribution >= 4 is 0 Å². The van der Waals surface area contributed by atoms with Crippen LogP contribution in [0.4, 0.5) is 0 Å². The zero-order valence-corrected chi connectivity index (χ0v) is 10.3. The summed E-state index contributed by atoms with van der Waals surface area (Å²) in [6.45, 7) is 4.55. The molecule has 0 aliphatic heterocycles. The monoisotopic (exact) mass is 218 g/mol. The molecule has 1 aromatic heterocycles. The van der Waals surface area contributed by atoms with Gasteiger partial charge in [0.15, 0.2) is 0 Å². The van der Waals surface area contributed by atoms with Gasteiger partial charge in [0.1, 0.15) is 0 Å². The van der Waals surface area contributed by atoms with Crippen molar-refractivity contribution in [1.29, 1.82) is 0 Å². The van der Waals surface area contributed by atoms with Gasteiger partial charge in [0.2, 0.25) is 0 Å². The summed E-state index contributed by atoms with van der Waals surface area (Å²) in [6.07, 6.45) is 9.17. The number of aromatic nitrogens is 1. The summed E-state index contributed by atoms with van der Waals surface area (Å²) in [7, 11) is 0. The van der Waals surface area contributed by atoms with Gasteiger partial charge in [-0.2, -0.15) is 0 Å². The maximum atomic E-state index is 4.06. The summed E-state index contributed by atoms with van der Waals surface area (Å²) in [4.78, 5) is 4.06. The topological polar surface area (TPSA) is 24.9 Å². The van der Waals surface area contributed by atoms with Gasteiger partial charge in [-0.25, -0.2) is 0 Å². The Morgan fingerprint density at radius 3 is 2.75 bits per heavy atom. The Labute approximate surface area is 98.5 Å². The highest BCUT2D eigenvalue weighted by atomic mass is 14.9. The first-order valence-corrected chi connectivity index (χ1v) is 6.45. The second-order valence-electron chi connectivity index (χ2n) is 4.95. The van der Waals surface area contributed by atoms with E-state index in [1.807, 2.05) is 12.4 Å². The van der Waals surface area contributed by atoms with Crippen molar-refractivity contribution in [2.75, 3.05) is 0 Å². The van der Waals surface area contributed by atoms with E-state index in [-0.39, 0.29) is 0 Å². The van der Waals surface area contributed by atoms with E-state index < -0.39 is 0 Å². The molecule has 2 unspecified atom stereocenters. The van der Waals surface area contributed by atoms with Crippen molar-refractivity contribution in [2.24, 2.45) is 5.92 Å². The van der Waals surface area contributed by atoms with Gasteiger partial charge in [-0.3, -0.25) is 4.98 Å². The van der Waals surface area contributed by atoms with Crippen LogP contribution in [0.1, 0.15) is 51.1 Å². The lowest BCUT2D eigenvalue weighted by molar-refractivity contribution is 0.437. The Balaban J connectivity index is 1.86. The number of hydrogen-bond donors (Lipinski definition) is 1. The van der Waals surface area contributed by atoms with Gasteiger partial charge in [0.25, 0.3) is 0 Å². The molecule has 2 rings (SSSR count). The first-order valence-electron chi connectivity index (χ1n) is 6.45. The zero-order chi connectivity index (χ0) is 11.4. The molecule has 0 saturated heterocycles. The fourth-order valence-electron chi connectivity index (χ4n) is 2.70. The van der Waals surface area contributed by atoms with Crippen LogP contribution in [0.25, 0.3) is 0 Å². The number of nitrogens with one attached hydrogen (secondary N) is 1. The van der Waals surface area contributed by atoms with Gasteiger partial charge in [0.05, 0.1) is 0 Å². The van der Waals surface area contributed by atoms with E-state index in [2.05, 4.69) is 36.3 Å². The molecule has 1 heterocycles. The summed E-state index contributed by atoms with van der Waals surface area (Å²) in [5.41, 5.74) is 1.34. The summed E-state index contributed by atoms with van der Waals surface area (Å²) in [6, 6.07) is 5.37. The first-order chi connectivity index (χ1) is 7.79. The maximum absolute atomic E-state index is 4.06. The van der Waals surface area contributed by atoms with Crippen molar-refractivity contribution < 1.29 is 0 Å². The molecular formula is C14H22N2. The van der Waals surface area contributed by atoms with Gasteiger partial charge < -0.3 is 5.32 Å². The zero-order valence-electron chi connectivity index (χ0n) is 10.3. The second-order valence-corrected chi connectivity index (χ2v) is 4.95. The molecule has 16 heavy (non-hydrogen) atoms. The molecule has 1 aliphatic carbocycles. The highest BCUT2D eigenvalue weighted by Crippen LogP contribution is 2.29. The SMILES string of the molecule is CCC1CCC(N[C@H](C)c2ccncc2)C1. The van der Waals surface area contributed by atoms with Crippen LogP contribution in [0, 0.1) is 5.92 Å². The fraction of sp³-hybridized carbons (Fsp3) is 0.643. The molecule has 1 aliphatic rings. The fourth-order valence-corrected chi connectivity index (χ4v) is 2.70. The van der Waals surface area contributed by atoms with Crippen LogP contribution in [0.15, 0.2) is 24.5 Å². The molecule has 2 heteroatoms. The van der Waals surface area contributed by atoms with Gasteiger partial charge in [-0.1, -0.05) is 13.3 Å². The molecule has 1 N–H and O–H groups in total. The Hall–Kier alpha value is -0.890. The molecule has 1 saturated carbocycles. The van der Waals surface area contributed by atoms with Crippen LogP contribution in [0.2, 0.25) is 0 Å². The Kier molecular flexibility index (Phi) is 3.94. The minimum Gasteiger partial charge on any atom is -0.307 e. The largest absolute Gasteiger partial charge is 0.307 e. The smallest absolute Gasteiger partial charge is 0.0295 e. The van der Waals surface area contributed by atoms with Gasteiger partial charge in [-0.05, 0) is 49.8 Å². The van der Waals surface area contributed by atoms with Crippen molar-refractivity contribution in [1.82, 2.24) is 10.3 Å². The summed E-state index contributed by atoms with van der Waals surface area (Å²) in [5.74, 6) is 0.946. The maximum Gasteiger partial charge on any atom is 0.0295 e. The third kappa shape index (κ3) is 2.82. The minimum atomic E-state index is 0.448. The molecule has 0 aromatic carbocycles. The van der Waals surface area contributed by atoms with Crippen LogP contribution in [-0.4, -0.2) is 11.0 Å². The molecule has 0 amide bonds. The molecule has 0 spiro atoms. The average Bonchev–Trinajstić information content (AvgIpc) is 2.78. The van der Waals surface area contributed by atoms with Crippen LogP contribution in [-0.2, 0) is 0 Å². The highest BCUT2D eigenvalue weighted by molar-refractivity contribution is 5.14. The van der Waals surface area contributed by atoms with Crippen molar-refractivity contribution in [2.45, 2.75) is 51.6 Å². The number of rotatable bonds is 4. The van der Waals surface area contributed by atoms with Gasteiger partial charge in [0, 0.05) is 24.5 Å². The standard InChI is InChI=1S/C14H22N2/c1-3-12-4-5-14(10-12)16-11(2)13-6-8-15-9-7-13/h6-9,11-12,14,16H,3-5,10H2,1-2H3/t11-,12?,14?/m1/s1. The number of pyridine rings is 1. The molecule has 2 nitrogen and oxygen atoms in total. The number of hydrogen-bond acceptors (Lipinski definition) is 2. The van der Waals surface area contributed by atoms with Crippen LogP contribution >= 0.6 is 0 Å². The molecule has 0 radical (unpaired) electrons. The van der Waals surface area contributed by atoms with Gasteiger partial charge >= 0.3 is 0 Å². The Morgan fingerprint density at radius 2 is 2.12 bits per heavy atom. The van der Waals surface area contributed by atoms with Crippen LogP contribution in [0.3, 0.4) is 0 Å². The lowest BCUT2D eigenvalue weighted by Crippen LogP contribution is -2.29. The molecular weight excluding hydrogens is 196 g/mol. The van der Waals surface area contributed by atoms with Gasteiger partial charge in [-0.15, -0.1) is 0 Å². The van der Waals surface area contributed by atoms with E-state index >= 15 is 0 Å². The summed E-state index contributed by atoms with van der Waals surface area (Å²) >= 11 is 0. The van der Waals surface area contributed by atoms with E-state index in [1.165, 1.54) is 31.2 Å². The lowest BCUT2D eigenvalue weighted by Gasteiger charge is -2.19. The number of nitrogens with zero attached hydrogens (tertiary/aromatic N) is 1. The van der Waals surface area contributed by atoms with E-state index in [0.29, 0.717) is 12.1 Å². The third-order valence-corrected chi connectivity index (χ3v) is 3.81. The third-order valence-electron chi connectivity index (χ3n) is 3.81. The Bertz CT molecular complexity index is 310. The molecule has 1 aromatic rings. The van der Waals surface area contributed by atoms with E-state index in [1.54, 1.807) is 0 Å². The molecule has 3 atom stereocenters. The van der Waals surface area contributed by atoms with Crippen LogP contribution in [0.5, 0.6) is 0 Å². The van der Waals surface area contributed by atoms with E-state index in [0.717, 1.165) is 5.92 Å². The van der Waals surface area contributed by atoms with E-state index in [9.17, 15) is 0 Å². The highest BCUT2D eigenvalue weighted by Gasteiger charge is 2.24. The van der Waals surface area contributed by atoms with Crippen molar-refractivity contribution in [3.05, 3.63) is 30.1 Å². The average molecular weight is 218 g/mol. The Morgan fingerprint density at radius 1 is 1.38 bits per heavy atom.